The Morgan fingerprint density at radius 1 is 0.464 bits per heavy atom. The van der Waals surface area contributed by atoms with Crippen LogP contribution in [0.25, 0.3) is 0 Å². The SMILES string of the molecule is FC1=C(C(C(F)(F)F)(C(F)(F)F)C(F)(F)C(F)(F)C(F)(F)F)C(F)(F)C1(F)F. The maximum atomic E-state index is 13.6. The van der Waals surface area contributed by atoms with Crippen molar-refractivity contribution in [1.29, 1.82) is 0 Å². The first-order valence-electron chi connectivity index (χ1n) is 5.90. The molecule has 0 aromatic heterocycles. The Kier molecular flexibility index (Phi) is 4.85. The molecule has 1 aliphatic carbocycles. The molecule has 0 N–H and O–H groups in total. The van der Waals surface area contributed by atoms with Crippen LogP contribution in [0.15, 0.2) is 11.4 Å². The number of hydrogen-bond acceptors (Lipinski definition) is 0. The summed E-state index contributed by atoms with van der Waals surface area (Å²) in [5, 5.41) is 0. The van der Waals surface area contributed by atoms with Crippen LogP contribution >= 0.6 is 0 Å². The van der Waals surface area contributed by atoms with Gasteiger partial charge in [0.15, 0.2) is 5.83 Å². The standard InChI is InChI=1S/C10F18/c11-2-1(4(12,13)5(2,14)15)3(8(20,21)22,9(23,24)25)6(16,17)7(18,19)10(26,27)28. The van der Waals surface area contributed by atoms with Crippen LogP contribution in [0.4, 0.5) is 79.0 Å². The van der Waals surface area contributed by atoms with E-state index >= 15 is 0 Å². The summed E-state index contributed by atoms with van der Waals surface area (Å²) in [5.41, 5.74) is -13.4. The van der Waals surface area contributed by atoms with Gasteiger partial charge >= 0.3 is 42.2 Å². The third kappa shape index (κ3) is 2.43. The van der Waals surface area contributed by atoms with Gasteiger partial charge in [0.2, 0.25) is 0 Å². The molecule has 0 aliphatic heterocycles. The van der Waals surface area contributed by atoms with Gasteiger partial charge in [-0.1, -0.05) is 0 Å². The van der Waals surface area contributed by atoms with Gasteiger partial charge in [0.1, 0.15) is 0 Å². The average molecular weight is 462 g/mol. The molecule has 0 saturated heterocycles. The van der Waals surface area contributed by atoms with E-state index in [9.17, 15) is 79.0 Å². The fourth-order valence-corrected chi connectivity index (χ4v) is 2.30. The van der Waals surface area contributed by atoms with Gasteiger partial charge in [0, 0.05) is 0 Å². The van der Waals surface area contributed by atoms with Gasteiger partial charge in [0.25, 0.3) is 5.41 Å². The van der Waals surface area contributed by atoms with E-state index in [1.54, 1.807) is 0 Å². The molecule has 166 valence electrons. The molecular formula is C10F18. The number of alkyl halides is 17. The monoisotopic (exact) mass is 462 g/mol. The van der Waals surface area contributed by atoms with E-state index < -0.39 is 59.0 Å². The molecule has 0 fully saturated rings. The van der Waals surface area contributed by atoms with Crippen molar-refractivity contribution in [3.05, 3.63) is 11.4 Å². The molecular weight excluding hydrogens is 462 g/mol. The third-order valence-corrected chi connectivity index (χ3v) is 3.65. The van der Waals surface area contributed by atoms with Crippen molar-refractivity contribution in [1.82, 2.24) is 0 Å². The first-order valence-corrected chi connectivity index (χ1v) is 5.90. The first kappa shape index (κ1) is 24.5. The second-order valence-electron chi connectivity index (χ2n) is 5.23. The van der Waals surface area contributed by atoms with E-state index in [4.69, 9.17) is 0 Å². The minimum Gasteiger partial charge on any atom is -0.205 e. The van der Waals surface area contributed by atoms with Gasteiger partial charge in [-0.2, -0.15) is 74.6 Å². The molecule has 0 unspecified atom stereocenters. The van der Waals surface area contributed by atoms with Crippen molar-refractivity contribution in [2.75, 3.05) is 0 Å². The minimum absolute atomic E-state index is 4.58. The lowest BCUT2D eigenvalue weighted by Crippen LogP contribution is -2.75. The molecule has 0 bridgehead atoms. The zero-order chi connectivity index (χ0) is 23.2. The molecule has 18 heteroatoms. The maximum Gasteiger partial charge on any atom is 0.459 e. The van der Waals surface area contributed by atoms with Crippen molar-refractivity contribution in [3.8, 4) is 0 Å². The van der Waals surface area contributed by atoms with Gasteiger partial charge in [-0.15, -0.1) is 0 Å². The van der Waals surface area contributed by atoms with Gasteiger partial charge in [-0.3, -0.25) is 0 Å². The fraction of sp³-hybridized carbons (Fsp3) is 0.800. The van der Waals surface area contributed by atoms with Crippen LogP contribution in [0.5, 0.6) is 0 Å². The molecule has 0 saturated carbocycles. The lowest BCUT2D eigenvalue weighted by molar-refractivity contribution is -0.457. The molecule has 0 spiro atoms. The molecule has 28 heavy (non-hydrogen) atoms. The highest BCUT2D eigenvalue weighted by molar-refractivity contribution is 5.48. The van der Waals surface area contributed by atoms with Crippen LogP contribution in [0.3, 0.4) is 0 Å². The van der Waals surface area contributed by atoms with Gasteiger partial charge in [-0.05, 0) is 0 Å². The summed E-state index contributed by atoms with van der Waals surface area (Å²) < 4.78 is 231. The largest absolute Gasteiger partial charge is 0.459 e. The smallest absolute Gasteiger partial charge is 0.205 e. The second kappa shape index (κ2) is 5.54. The Balaban J connectivity index is 4.25. The molecule has 0 nitrogen and oxygen atoms in total. The zero-order valence-corrected chi connectivity index (χ0v) is 11.8. The Labute approximate surface area is 139 Å². The lowest BCUT2D eigenvalue weighted by atomic mass is 9.62. The molecule has 0 amide bonds. The minimum atomic E-state index is -8.68. The van der Waals surface area contributed by atoms with Crippen molar-refractivity contribution >= 4 is 0 Å². The Morgan fingerprint density at radius 2 is 0.786 bits per heavy atom. The topological polar surface area (TPSA) is 0 Å². The van der Waals surface area contributed by atoms with Gasteiger partial charge < -0.3 is 0 Å². The van der Waals surface area contributed by atoms with Crippen LogP contribution in [-0.2, 0) is 0 Å². The summed E-state index contributed by atoms with van der Waals surface area (Å²) in [5.74, 6) is -35.4. The molecule has 0 heterocycles. The van der Waals surface area contributed by atoms with Crippen LogP contribution in [0, 0.1) is 5.41 Å². The highest BCUT2D eigenvalue weighted by Crippen LogP contribution is 2.75. The van der Waals surface area contributed by atoms with Crippen LogP contribution in [0.1, 0.15) is 0 Å². The second-order valence-corrected chi connectivity index (χ2v) is 5.23. The summed E-state index contributed by atoms with van der Waals surface area (Å²) in [6.07, 6.45) is -24.5. The van der Waals surface area contributed by atoms with Crippen LogP contribution in [-0.4, -0.2) is 42.2 Å². The Morgan fingerprint density at radius 3 is 1.00 bits per heavy atom. The van der Waals surface area contributed by atoms with Crippen molar-refractivity contribution in [3.63, 3.8) is 0 Å². The average Bonchev–Trinajstić information content (AvgIpc) is 2.38. The van der Waals surface area contributed by atoms with Gasteiger partial charge in [0.05, 0.1) is 5.57 Å². The van der Waals surface area contributed by atoms with E-state index in [1.807, 2.05) is 0 Å². The summed E-state index contributed by atoms with van der Waals surface area (Å²) in [4.78, 5) is 0. The molecule has 0 radical (unpaired) electrons. The van der Waals surface area contributed by atoms with E-state index in [0.717, 1.165) is 0 Å². The fourth-order valence-electron chi connectivity index (χ4n) is 2.30. The Bertz CT molecular complexity index is 652. The van der Waals surface area contributed by atoms with Crippen molar-refractivity contribution in [2.45, 2.75) is 42.2 Å². The van der Waals surface area contributed by atoms with Crippen LogP contribution in [0.2, 0.25) is 0 Å². The summed E-state index contributed by atoms with van der Waals surface area (Å²) in [7, 11) is 0. The van der Waals surface area contributed by atoms with Crippen molar-refractivity contribution in [2.24, 2.45) is 5.41 Å². The van der Waals surface area contributed by atoms with Gasteiger partial charge in [-0.25, -0.2) is 4.39 Å². The molecule has 1 aliphatic rings. The predicted octanol–water partition coefficient (Wildman–Crippen LogP) is 6.44. The van der Waals surface area contributed by atoms with Crippen molar-refractivity contribution < 1.29 is 79.0 Å². The third-order valence-electron chi connectivity index (χ3n) is 3.65. The zero-order valence-electron chi connectivity index (χ0n) is 11.8. The maximum absolute atomic E-state index is 13.6. The summed E-state index contributed by atoms with van der Waals surface area (Å²) in [6.45, 7) is 0. The molecule has 1 rings (SSSR count). The molecule has 0 aromatic rings. The predicted molar refractivity (Wildman–Crippen MR) is 48.5 cm³/mol. The summed E-state index contributed by atoms with van der Waals surface area (Å²) in [6, 6.07) is 0. The first-order chi connectivity index (χ1) is 11.8. The highest BCUT2D eigenvalue weighted by Gasteiger charge is 2.98. The number of allylic oxidation sites excluding steroid dienone is 2. The van der Waals surface area contributed by atoms with E-state index in [0.29, 0.717) is 0 Å². The van der Waals surface area contributed by atoms with E-state index in [1.165, 1.54) is 0 Å². The number of hydrogen-bond donors (Lipinski definition) is 0. The molecule has 0 atom stereocenters. The molecule has 0 aromatic carbocycles. The normalized spacial score (nSPS) is 21.6. The van der Waals surface area contributed by atoms with E-state index in [-0.39, 0.29) is 0 Å². The lowest BCUT2D eigenvalue weighted by Gasteiger charge is -2.51. The highest BCUT2D eigenvalue weighted by atomic mass is 19.4. The van der Waals surface area contributed by atoms with E-state index in [2.05, 4.69) is 0 Å². The quantitative estimate of drug-likeness (QED) is 0.424. The van der Waals surface area contributed by atoms with Crippen LogP contribution < -0.4 is 0 Å². The number of halogens is 18. The number of rotatable bonds is 3. The Hall–Kier alpha value is -1.52. The summed E-state index contributed by atoms with van der Waals surface area (Å²) >= 11 is 0.